The van der Waals surface area contributed by atoms with Crippen LogP contribution in [0, 0.1) is 0 Å². The van der Waals surface area contributed by atoms with Gasteiger partial charge in [-0.05, 0) is 66.3 Å². The second kappa shape index (κ2) is 9.33. The van der Waals surface area contributed by atoms with Crippen LogP contribution >= 0.6 is 0 Å². The number of allylic oxidation sites excluding steroid dienone is 6. The summed E-state index contributed by atoms with van der Waals surface area (Å²) in [5.41, 5.74) is 6.43. The highest BCUT2D eigenvalue weighted by Gasteiger charge is 2.31. The van der Waals surface area contributed by atoms with Gasteiger partial charge < -0.3 is 10.2 Å². The Labute approximate surface area is 196 Å². The maximum Gasteiger partial charge on any atom is 0.247 e. The first kappa shape index (κ1) is 21.0. The lowest BCUT2D eigenvalue weighted by Gasteiger charge is -2.26. The predicted octanol–water partition coefficient (Wildman–Crippen LogP) is 5.84. The standard InChI is InChI=1S/C28H28N4O.H2/c1-31-26(18-19-29-31)23-12-16-25(17-13-23)32-20-6-9-27(32)28(33)30-24-14-10-22(11-15-24)21-7-4-2-3-5-8-21;/h2,4-5,7-8,10-19,27H,3,6,9,20H2,1H3,(H,30,33);1H/t27-;/m0./s1. The number of anilines is 2. The SMILES string of the molecule is Cn1nccc1-c1ccc(N2CCC[C@H]2C(=O)Nc2ccc(C3=CC=CCC=C3)cc2)cc1.[HH]. The Morgan fingerprint density at radius 1 is 1.03 bits per heavy atom. The van der Waals surface area contributed by atoms with Crippen LogP contribution in [0.1, 0.15) is 26.3 Å². The third kappa shape index (κ3) is 4.53. The molecule has 2 aromatic carbocycles. The number of amides is 1. The molecule has 1 fully saturated rings. The summed E-state index contributed by atoms with van der Waals surface area (Å²) in [5, 5.41) is 7.37. The molecule has 1 N–H and O–H groups in total. The molecule has 2 aliphatic rings. The summed E-state index contributed by atoms with van der Waals surface area (Å²) in [6.45, 7) is 0.885. The molecule has 168 valence electrons. The van der Waals surface area contributed by atoms with Gasteiger partial charge in [0.25, 0.3) is 0 Å². The zero-order chi connectivity index (χ0) is 22.6. The molecule has 5 nitrogen and oxygen atoms in total. The van der Waals surface area contributed by atoms with Gasteiger partial charge >= 0.3 is 0 Å². The van der Waals surface area contributed by atoms with Crippen LogP contribution in [-0.2, 0) is 11.8 Å². The van der Waals surface area contributed by atoms with Gasteiger partial charge in [-0.2, -0.15) is 5.10 Å². The van der Waals surface area contributed by atoms with E-state index in [-0.39, 0.29) is 13.4 Å². The smallest absolute Gasteiger partial charge is 0.247 e. The molecular weight excluding hydrogens is 408 g/mol. The Morgan fingerprint density at radius 2 is 1.82 bits per heavy atom. The van der Waals surface area contributed by atoms with Crippen LogP contribution in [0.15, 0.2) is 91.2 Å². The van der Waals surface area contributed by atoms with Crippen molar-refractivity contribution in [2.24, 2.45) is 7.05 Å². The van der Waals surface area contributed by atoms with Gasteiger partial charge in [0.1, 0.15) is 6.04 Å². The van der Waals surface area contributed by atoms with Gasteiger partial charge in [-0.25, -0.2) is 0 Å². The Hall–Kier alpha value is -3.86. The zero-order valence-corrected chi connectivity index (χ0v) is 18.8. The summed E-state index contributed by atoms with van der Waals surface area (Å²) < 4.78 is 1.87. The van der Waals surface area contributed by atoms with Crippen molar-refractivity contribution >= 4 is 22.9 Å². The van der Waals surface area contributed by atoms with E-state index in [9.17, 15) is 4.79 Å². The Morgan fingerprint density at radius 3 is 2.58 bits per heavy atom. The van der Waals surface area contributed by atoms with E-state index in [4.69, 9.17) is 0 Å². The maximum atomic E-state index is 13.1. The molecule has 1 amide bonds. The number of carbonyl (C=O) groups excluding carboxylic acids is 1. The van der Waals surface area contributed by atoms with Crippen LogP contribution in [0.5, 0.6) is 0 Å². The predicted molar refractivity (Wildman–Crippen MR) is 137 cm³/mol. The first-order valence-corrected chi connectivity index (χ1v) is 11.5. The van der Waals surface area contributed by atoms with Gasteiger partial charge in [-0.1, -0.05) is 54.6 Å². The van der Waals surface area contributed by atoms with Crippen LogP contribution in [0.25, 0.3) is 16.8 Å². The van der Waals surface area contributed by atoms with Crippen molar-refractivity contribution in [3.63, 3.8) is 0 Å². The minimum Gasteiger partial charge on any atom is -0.360 e. The first-order chi connectivity index (χ1) is 16.2. The number of nitrogens with zero attached hydrogens (tertiary/aromatic N) is 3. The summed E-state index contributed by atoms with van der Waals surface area (Å²) in [5.74, 6) is 0.0486. The van der Waals surface area contributed by atoms with E-state index in [1.807, 2.05) is 29.9 Å². The van der Waals surface area contributed by atoms with Gasteiger partial charge in [-0.3, -0.25) is 9.48 Å². The summed E-state index contributed by atoms with van der Waals surface area (Å²) in [4.78, 5) is 15.3. The highest BCUT2D eigenvalue weighted by atomic mass is 16.2. The molecule has 5 heteroatoms. The molecule has 1 saturated heterocycles. The molecule has 3 aromatic rings. The number of hydrogen-bond donors (Lipinski definition) is 1. The Bertz CT molecular complexity index is 1220. The molecule has 33 heavy (non-hydrogen) atoms. The second-order valence-electron chi connectivity index (χ2n) is 8.49. The van der Waals surface area contributed by atoms with Crippen molar-refractivity contribution in [3.05, 3.63) is 96.7 Å². The van der Waals surface area contributed by atoms with E-state index in [0.717, 1.165) is 54.0 Å². The quantitative estimate of drug-likeness (QED) is 0.544. The van der Waals surface area contributed by atoms with Crippen LogP contribution in [0.2, 0.25) is 0 Å². The number of aryl methyl sites for hydroxylation is 1. The van der Waals surface area contributed by atoms with E-state index in [2.05, 4.69) is 82.1 Å². The van der Waals surface area contributed by atoms with E-state index in [0.29, 0.717) is 0 Å². The van der Waals surface area contributed by atoms with Crippen molar-refractivity contribution in [2.75, 3.05) is 16.8 Å². The molecule has 0 unspecified atom stereocenters. The lowest BCUT2D eigenvalue weighted by molar-refractivity contribution is -0.117. The molecule has 2 heterocycles. The number of rotatable bonds is 5. The van der Waals surface area contributed by atoms with Crippen molar-refractivity contribution in [2.45, 2.75) is 25.3 Å². The molecule has 1 aromatic heterocycles. The lowest BCUT2D eigenvalue weighted by atomic mass is 10.0. The fraction of sp³-hybridized carbons (Fsp3) is 0.214. The summed E-state index contributed by atoms with van der Waals surface area (Å²) in [6, 6.07) is 18.3. The maximum absolute atomic E-state index is 13.1. The van der Waals surface area contributed by atoms with Crippen molar-refractivity contribution in [1.29, 1.82) is 0 Å². The zero-order valence-electron chi connectivity index (χ0n) is 18.8. The summed E-state index contributed by atoms with van der Waals surface area (Å²) >= 11 is 0. The molecule has 5 rings (SSSR count). The largest absolute Gasteiger partial charge is 0.360 e. The van der Waals surface area contributed by atoms with Crippen molar-refractivity contribution < 1.29 is 6.22 Å². The van der Waals surface area contributed by atoms with Gasteiger partial charge in [-0.15, -0.1) is 0 Å². The van der Waals surface area contributed by atoms with Gasteiger partial charge in [0.05, 0.1) is 5.69 Å². The number of benzene rings is 2. The third-order valence-corrected chi connectivity index (χ3v) is 6.34. The fourth-order valence-corrected chi connectivity index (χ4v) is 4.57. The molecule has 0 spiro atoms. The highest BCUT2D eigenvalue weighted by Crippen LogP contribution is 2.29. The molecular formula is C28H30N4O. The molecule has 1 atom stereocenters. The third-order valence-electron chi connectivity index (χ3n) is 6.34. The van der Waals surface area contributed by atoms with Crippen molar-refractivity contribution in [1.82, 2.24) is 9.78 Å². The average molecular weight is 439 g/mol. The van der Waals surface area contributed by atoms with Gasteiger partial charge in [0.2, 0.25) is 5.91 Å². The van der Waals surface area contributed by atoms with Crippen LogP contribution < -0.4 is 10.2 Å². The molecule has 1 aliphatic heterocycles. The fourth-order valence-electron chi connectivity index (χ4n) is 4.57. The van der Waals surface area contributed by atoms with Crippen LogP contribution in [-0.4, -0.2) is 28.3 Å². The van der Waals surface area contributed by atoms with Crippen molar-refractivity contribution in [3.8, 4) is 11.3 Å². The Balaban J connectivity index is 0.00000274. The normalized spacial score (nSPS) is 17.7. The minimum absolute atomic E-state index is 0. The monoisotopic (exact) mass is 438 g/mol. The first-order valence-electron chi connectivity index (χ1n) is 11.5. The van der Waals surface area contributed by atoms with Crippen LogP contribution in [0.4, 0.5) is 11.4 Å². The minimum atomic E-state index is -0.162. The Kier molecular flexibility index (Phi) is 5.94. The molecule has 0 radical (unpaired) electrons. The molecule has 0 bridgehead atoms. The summed E-state index contributed by atoms with van der Waals surface area (Å²) in [6.07, 6.45) is 15.3. The number of carbonyl (C=O) groups is 1. The van der Waals surface area contributed by atoms with E-state index in [1.54, 1.807) is 6.20 Å². The summed E-state index contributed by atoms with van der Waals surface area (Å²) in [7, 11) is 1.94. The average Bonchev–Trinajstić information content (AvgIpc) is 3.42. The van der Waals surface area contributed by atoms with E-state index >= 15 is 0 Å². The topological polar surface area (TPSA) is 50.2 Å². The number of nitrogens with one attached hydrogen (secondary N) is 1. The van der Waals surface area contributed by atoms with E-state index in [1.165, 1.54) is 5.57 Å². The molecule has 0 saturated carbocycles. The number of aromatic nitrogens is 2. The number of hydrogen-bond acceptors (Lipinski definition) is 3. The highest BCUT2D eigenvalue weighted by molar-refractivity contribution is 5.97. The van der Waals surface area contributed by atoms with Gasteiger partial charge in [0, 0.05) is 32.6 Å². The molecule has 1 aliphatic carbocycles. The van der Waals surface area contributed by atoms with E-state index < -0.39 is 0 Å². The van der Waals surface area contributed by atoms with Crippen LogP contribution in [0.3, 0.4) is 0 Å². The van der Waals surface area contributed by atoms with Gasteiger partial charge in [0.15, 0.2) is 0 Å². The lowest BCUT2D eigenvalue weighted by Crippen LogP contribution is -2.39. The second-order valence-corrected chi connectivity index (χ2v) is 8.49.